The van der Waals surface area contributed by atoms with Crippen molar-refractivity contribution >= 4 is 35.8 Å². The highest BCUT2D eigenvalue weighted by Crippen LogP contribution is 2.16. The van der Waals surface area contributed by atoms with Crippen LogP contribution < -0.4 is 5.32 Å². The maximum Gasteiger partial charge on any atom is 0.251 e. The van der Waals surface area contributed by atoms with Crippen molar-refractivity contribution in [1.82, 2.24) is 20.0 Å². The van der Waals surface area contributed by atoms with Crippen molar-refractivity contribution in [3.8, 4) is 0 Å². The fourth-order valence-electron chi connectivity index (χ4n) is 3.58. The molecule has 27 heavy (non-hydrogen) atoms. The molecular formula is C19H38IN5O2. The summed E-state index contributed by atoms with van der Waals surface area (Å²) in [5.74, 6) is 1.14. The number of hydrogen-bond acceptors (Lipinski definition) is 4. The lowest BCUT2D eigenvalue weighted by atomic mass is 10.2. The molecular weight excluding hydrogens is 457 g/mol. The van der Waals surface area contributed by atoms with Crippen LogP contribution in [0.25, 0.3) is 0 Å². The third-order valence-electron chi connectivity index (χ3n) is 5.10. The van der Waals surface area contributed by atoms with Gasteiger partial charge in [0.05, 0.1) is 6.54 Å². The lowest BCUT2D eigenvalue weighted by molar-refractivity contribution is -0.142. The first-order valence-corrected chi connectivity index (χ1v) is 10.4. The Morgan fingerprint density at radius 2 is 1.85 bits per heavy atom. The molecule has 0 aromatic carbocycles. The van der Waals surface area contributed by atoms with Gasteiger partial charge in [-0.2, -0.15) is 0 Å². The van der Waals surface area contributed by atoms with Gasteiger partial charge in [-0.15, -0.1) is 24.0 Å². The monoisotopic (exact) mass is 495 g/mol. The van der Waals surface area contributed by atoms with Gasteiger partial charge in [0.2, 0.25) is 0 Å². The second kappa shape index (κ2) is 13.5. The van der Waals surface area contributed by atoms with Crippen LogP contribution in [0.4, 0.5) is 0 Å². The Morgan fingerprint density at radius 1 is 1.15 bits per heavy atom. The maximum atomic E-state index is 12.5. The number of amides is 1. The molecule has 0 radical (unpaired) electrons. The molecule has 1 N–H and O–H groups in total. The normalized spacial score (nSPS) is 20.7. The Kier molecular flexibility index (Phi) is 12.3. The molecule has 2 aliphatic heterocycles. The summed E-state index contributed by atoms with van der Waals surface area (Å²) in [5.41, 5.74) is 0. The quantitative estimate of drug-likeness (QED) is 0.315. The van der Waals surface area contributed by atoms with E-state index in [0.717, 1.165) is 84.3 Å². The van der Waals surface area contributed by atoms with Crippen molar-refractivity contribution in [3.05, 3.63) is 0 Å². The first-order valence-electron chi connectivity index (χ1n) is 10.4. The topological polar surface area (TPSA) is 60.4 Å². The van der Waals surface area contributed by atoms with Crippen LogP contribution in [-0.4, -0.2) is 98.2 Å². The lowest BCUT2D eigenvalue weighted by Crippen LogP contribution is -2.55. The van der Waals surface area contributed by atoms with E-state index < -0.39 is 0 Å². The summed E-state index contributed by atoms with van der Waals surface area (Å²) in [7, 11) is 0. The van der Waals surface area contributed by atoms with Crippen molar-refractivity contribution in [1.29, 1.82) is 0 Å². The molecule has 158 valence electrons. The van der Waals surface area contributed by atoms with Crippen molar-refractivity contribution in [2.75, 3.05) is 65.5 Å². The number of carbonyl (C=O) groups is 1. The summed E-state index contributed by atoms with van der Waals surface area (Å²) in [5, 5.41) is 3.40. The number of likely N-dealkylation sites (N-methyl/N-ethyl adjacent to an activating group) is 1. The molecule has 1 atom stereocenters. The smallest absolute Gasteiger partial charge is 0.251 e. The molecule has 1 amide bonds. The van der Waals surface area contributed by atoms with Gasteiger partial charge < -0.3 is 24.8 Å². The van der Waals surface area contributed by atoms with E-state index in [-0.39, 0.29) is 36.0 Å². The Morgan fingerprint density at radius 3 is 2.41 bits per heavy atom. The van der Waals surface area contributed by atoms with Gasteiger partial charge in [-0.25, -0.2) is 0 Å². The zero-order chi connectivity index (χ0) is 18.8. The van der Waals surface area contributed by atoms with Gasteiger partial charge in [-0.05, 0) is 39.3 Å². The summed E-state index contributed by atoms with van der Waals surface area (Å²) >= 11 is 0. The Hall–Kier alpha value is -0.610. The molecule has 7 nitrogen and oxygen atoms in total. The standard InChI is InChI=1S/C19H37N5O2.HI/c1-4-10-22(6-3)11-9-21-19(20-5-2)24-14-12-23(13-15-24)18(25)17-8-7-16-26-17;/h17H,4-16H2,1-3H3,(H,20,21);1H. The summed E-state index contributed by atoms with van der Waals surface area (Å²) in [6.07, 6.45) is 2.84. The number of nitrogens with one attached hydrogen (secondary N) is 1. The average molecular weight is 495 g/mol. The highest BCUT2D eigenvalue weighted by molar-refractivity contribution is 14.0. The van der Waals surface area contributed by atoms with Crippen LogP contribution in [0.2, 0.25) is 0 Å². The fraction of sp³-hybridized carbons (Fsp3) is 0.895. The number of rotatable bonds is 8. The van der Waals surface area contributed by atoms with Gasteiger partial charge >= 0.3 is 0 Å². The highest BCUT2D eigenvalue weighted by Gasteiger charge is 2.30. The van der Waals surface area contributed by atoms with E-state index in [4.69, 9.17) is 9.73 Å². The zero-order valence-corrected chi connectivity index (χ0v) is 19.6. The van der Waals surface area contributed by atoms with E-state index in [0.29, 0.717) is 0 Å². The van der Waals surface area contributed by atoms with E-state index >= 15 is 0 Å². The number of nitrogens with zero attached hydrogens (tertiary/aromatic N) is 4. The van der Waals surface area contributed by atoms with E-state index in [1.165, 1.54) is 6.42 Å². The maximum absolute atomic E-state index is 12.5. The van der Waals surface area contributed by atoms with E-state index in [1.54, 1.807) is 0 Å². The van der Waals surface area contributed by atoms with Crippen LogP contribution in [0.15, 0.2) is 4.99 Å². The summed E-state index contributed by atoms with van der Waals surface area (Å²) in [4.78, 5) is 24.0. The number of ether oxygens (including phenoxy) is 1. The molecule has 2 aliphatic rings. The molecule has 0 saturated carbocycles. The molecule has 2 heterocycles. The molecule has 0 spiro atoms. The number of piperazine rings is 1. The number of guanidine groups is 1. The fourth-order valence-corrected chi connectivity index (χ4v) is 3.58. The van der Waals surface area contributed by atoms with Crippen LogP contribution in [0, 0.1) is 0 Å². The van der Waals surface area contributed by atoms with Gasteiger partial charge in [0.15, 0.2) is 5.96 Å². The zero-order valence-electron chi connectivity index (χ0n) is 17.3. The summed E-state index contributed by atoms with van der Waals surface area (Å²) in [6.45, 7) is 15.3. The van der Waals surface area contributed by atoms with Crippen LogP contribution in [0.5, 0.6) is 0 Å². The SMILES string of the molecule is CCCN(CC)CCN=C(NCC)N1CCN(C(=O)C2CCCO2)CC1.I. The molecule has 8 heteroatoms. The second-order valence-corrected chi connectivity index (χ2v) is 6.98. The van der Waals surface area contributed by atoms with Crippen molar-refractivity contribution in [2.45, 2.75) is 46.1 Å². The lowest BCUT2D eigenvalue weighted by Gasteiger charge is -2.37. The highest BCUT2D eigenvalue weighted by atomic mass is 127. The van der Waals surface area contributed by atoms with Gasteiger partial charge in [0.1, 0.15) is 6.10 Å². The third-order valence-corrected chi connectivity index (χ3v) is 5.10. The van der Waals surface area contributed by atoms with Gasteiger partial charge in [-0.1, -0.05) is 13.8 Å². The molecule has 1 unspecified atom stereocenters. The second-order valence-electron chi connectivity index (χ2n) is 6.98. The Bertz CT molecular complexity index is 449. The molecule has 2 saturated heterocycles. The predicted octanol–water partition coefficient (Wildman–Crippen LogP) is 1.63. The first kappa shape index (κ1) is 24.4. The van der Waals surface area contributed by atoms with Crippen LogP contribution in [0.3, 0.4) is 0 Å². The molecule has 0 aromatic rings. The van der Waals surface area contributed by atoms with Gasteiger partial charge in [-0.3, -0.25) is 9.79 Å². The molecule has 0 aliphatic carbocycles. The summed E-state index contributed by atoms with van der Waals surface area (Å²) in [6, 6.07) is 0. The number of halogens is 1. The van der Waals surface area contributed by atoms with Crippen LogP contribution >= 0.6 is 24.0 Å². The third kappa shape index (κ3) is 7.73. The van der Waals surface area contributed by atoms with Crippen molar-refractivity contribution in [3.63, 3.8) is 0 Å². The summed E-state index contributed by atoms with van der Waals surface area (Å²) < 4.78 is 5.54. The largest absolute Gasteiger partial charge is 0.368 e. The predicted molar refractivity (Wildman–Crippen MR) is 121 cm³/mol. The van der Waals surface area contributed by atoms with Gasteiger partial charge in [0.25, 0.3) is 5.91 Å². The Labute approximate surface area is 181 Å². The number of hydrogen-bond donors (Lipinski definition) is 1. The molecule has 2 rings (SSSR count). The number of carbonyl (C=O) groups excluding carboxylic acids is 1. The average Bonchev–Trinajstić information content (AvgIpc) is 3.21. The van der Waals surface area contributed by atoms with Gasteiger partial charge in [0, 0.05) is 45.9 Å². The molecule has 0 aromatic heterocycles. The van der Waals surface area contributed by atoms with Crippen LogP contribution in [0.1, 0.15) is 40.0 Å². The van der Waals surface area contributed by atoms with Crippen LogP contribution in [-0.2, 0) is 9.53 Å². The molecule has 2 fully saturated rings. The number of aliphatic imine (C=N–C) groups is 1. The Balaban J connectivity index is 0.00000364. The minimum Gasteiger partial charge on any atom is -0.368 e. The van der Waals surface area contributed by atoms with E-state index in [9.17, 15) is 4.79 Å². The van der Waals surface area contributed by atoms with E-state index in [1.807, 2.05) is 4.90 Å². The van der Waals surface area contributed by atoms with Crippen molar-refractivity contribution in [2.24, 2.45) is 4.99 Å². The van der Waals surface area contributed by atoms with E-state index in [2.05, 4.69) is 35.9 Å². The molecule has 0 bridgehead atoms. The minimum atomic E-state index is -0.206. The minimum absolute atomic E-state index is 0. The van der Waals surface area contributed by atoms with Crippen molar-refractivity contribution < 1.29 is 9.53 Å². The first-order chi connectivity index (χ1) is 12.7.